The van der Waals surface area contributed by atoms with Crippen molar-refractivity contribution in [1.29, 1.82) is 5.26 Å². The Hall–Kier alpha value is -2.13. The Morgan fingerprint density at radius 3 is 2.63 bits per heavy atom. The van der Waals surface area contributed by atoms with Crippen LogP contribution in [0.3, 0.4) is 0 Å². The summed E-state index contributed by atoms with van der Waals surface area (Å²) in [6.07, 6.45) is 1.49. The van der Waals surface area contributed by atoms with Crippen LogP contribution in [0.15, 0.2) is 47.5 Å². The second kappa shape index (κ2) is 6.16. The lowest BCUT2D eigenvalue weighted by molar-refractivity contribution is 0.252. The van der Waals surface area contributed by atoms with Gasteiger partial charge in [-0.05, 0) is 24.3 Å². The Morgan fingerprint density at radius 2 is 2.00 bits per heavy atom. The van der Waals surface area contributed by atoms with Gasteiger partial charge in [-0.3, -0.25) is 0 Å². The molecule has 3 nitrogen and oxygen atoms in total. The number of nitrogens with zero attached hydrogens (tertiary/aromatic N) is 2. The second-order valence-corrected chi connectivity index (χ2v) is 4.58. The first-order valence-corrected chi connectivity index (χ1v) is 6.24. The first kappa shape index (κ1) is 13.3. The smallest absolute Gasteiger partial charge is 0.288 e. The molecule has 0 unspecified atom stereocenters. The fraction of sp³-hybridized carbons (Fsp3) is 0.0769. The van der Waals surface area contributed by atoms with Crippen molar-refractivity contribution in [3.05, 3.63) is 48.3 Å². The molecule has 0 saturated heterocycles. The van der Waals surface area contributed by atoms with Crippen LogP contribution in [0.4, 0.5) is 20.2 Å². The number of para-hydroxylation sites is 1. The number of hydrogen-bond donors (Lipinski definition) is 1. The van der Waals surface area contributed by atoms with Gasteiger partial charge in [-0.2, -0.15) is 14.0 Å². The zero-order valence-electron chi connectivity index (χ0n) is 9.68. The Labute approximate surface area is 113 Å². The van der Waals surface area contributed by atoms with E-state index in [9.17, 15) is 8.78 Å². The molecule has 0 radical (unpaired) electrons. The van der Waals surface area contributed by atoms with Crippen LogP contribution in [0.25, 0.3) is 0 Å². The van der Waals surface area contributed by atoms with E-state index in [1.165, 1.54) is 6.20 Å². The van der Waals surface area contributed by atoms with Crippen molar-refractivity contribution < 1.29 is 8.78 Å². The highest BCUT2D eigenvalue weighted by Gasteiger charge is 2.09. The van der Waals surface area contributed by atoms with Crippen LogP contribution in [0.1, 0.15) is 5.69 Å². The lowest BCUT2D eigenvalue weighted by atomic mass is 10.3. The number of alkyl halides is 2. The molecule has 2 rings (SSSR count). The van der Waals surface area contributed by atoms with E-state index in [4.69, 9.17) is 5.26 Å². The number of nitrogens with one attached hydrogen (secondary N) is 1. The maximum Gasteiger partial charge on any atom is 0.288 e. The van der Waals surface area contributed by atoms with Crippen molar-refractivity contribution in [1.82, 2.24) is 4.98 Å². The minimum Gasteiger partial charge on any atom is -0.353 e. The molecule has 0 saturated carbocycles. The van der Waals surface area contributed by atoms with E-state index >= 15 is 0 Å². The van der Waals surface area contributed by atoms with E-state index in [2.05, 4.69) is 10.3 Å². The number of anilines is 2. The fourth-order valence-corrected chi connectivity index (χ4v) is 2.05. The topological polar surface area (TPSA) is 48.7 Å². The zero-order valence-corrected chi connectivity index (χ0v) is 10.5. The monoisotopic (exact) mass is 277 g/mol. The largest absolute Gasteiger partial charge is 0.353 e. The minimum absolute atomic E-state index is 0.306. The molecule has 19 heavy (non-hydrogen) atoms. The predicted octanol–water partition coefficient (Wildman–Crippen LogP) is 4.01. The maximum absolute atomic E-state index is 12.4. The number of thioether (sulfide) groups is 1. The molecule has 0 atom stereocenters. The van der Waals surface area contributed by atoms with Crippen LogP contribution in [0.5, 0.6) is 0 Å². The van der Waals surface area contributed by atoms with Gasteiger partial charge in [-0.15, -0.1) is 0 Å². The number of hydrogen-bond acceptors (Lipinski definition) is 4. The predicted molar refractivity (Wildman–Crippen MR) is 70.5 cm³/mol. The first-order chi connectivity index (χ1) is 9.19. The van der Waals surface area contributed by atoms with Crippen molar-refractivity contribution >= 4 is 23.1 Å². The molecule has 96 valence electrons. The van der Waals surface area contributed by atoms with Crippen LogP contribution in [0.2, 0.25) is 0 Å². The summed E-state index contributed by atoms with van der Waals surface area (Å²) in [6, 6.07) is 11.9. The van der Waals surface area contributed by atoms with E-state index in [1.54, 1.807) is 36.4 Å². The van der Waals surface area contributed by atoms with Gasteiger partial charge < -0.3 is 5.32 Å². The normalized spacial score (nSPS) is 10.2. The maximum atomic E-state index is 12.4. The van der Waals surface area contributed by atoms with Crippen molar-refractivity contribution in [3.63, 3.8) is 0 Å². The quantitative estimate of drug-likeness (QED) is 0.858. The Kier molecular flexibility index (Phi) is 4.31. The highest BCUT2D eigenvalue weighted by Crippen LogP contribution is 2.33. The summed E-state index contributed by atoms with van der Waals surface area (Å²) in [5.74, 6) is -2.47. The molecule has 2 aromatic rings. The summed E-state index contributed by atoms with van der Waals surface area (Å²) in [4.78, 5) is 4.37. The van der Waals surface area contributed by atoms with Gasteiger partial charge in [0.2, 0.25) is 0 Å². The molecule has 0 bridgehead atoms. The van der Waals surface area contributed by atoms with E-state index < -0.39 is 5.76 Å². The lowest BCUT2D eigenvalue weighted by Gasteiger charge is -2.10. The Balaban J connectivity index is 2.20. The van der Waals surface area contributed by atoms with Gasteiger partial charge in [0.25, 0.3) is 5.76 Å². The van der Waals surface area contributed by atoms with Crippen molar-refractivity contribution in [2.45, 2.75) is 10.7 Å². The van der Waals surface area contributed by atoms with Crippen molar-refractivity contribution in [2.75, 3.05) is 5.32 Å². The van der Waals surface area contributed by atoms with Crippen molar-refractivity contribution in [2.24, 2.45) is 0 Å². The average molecular weight is 277 g/mol. The number of benzene rings is 1. The highest BCUT2D eigenvalue weighted by molar-refractivity contribution is 7.99. The standard InChI is InChI=1S/C13H9F2N3S/c14-13(15)19-12-4-2-1-3-11(12)18-10-6-5-9(7-16)17-8-10/h1-6,8,13,18H. The molecule has 0 aliphatic rings. The Bertz CT molecular complexity index is 594. The zero-order chi connectivity index (χ0) is 13.7. The van der Waals surface area contributed by atoms with Crippen molar-refractivity contribution in [3.8, 4) is 6.07 Å². The van der Waals surface area contributed by atoms with Gasteiger partial charge in [0.05, 0.1) is 17.6 Å². The fourth-order valence-electron chi connectivity index (χ4n) is 1.46. The number of halogens is 2. The molecule has 0 spiro atoms. The molecule has 6 heteroatoms. The molecular formula is C13H9F2N3S. The third-order valence-corrected chi connectivity index (χ3v) is 3.05. The van der Waals surface area contributed by atoms with Gasteiger partial charge in [-0.25, -0.2) is 4.98 Å². The van der Waals surface area contributed by atoms with Crippen LogP contribution < -0.4 is 5.32 Å². The Morgan fingerprint density at radius 1 is 1.21 bits per heavy atom. The summed E-state index contributed by atoms with van der Waals surface area (Å²) in [5.41, 5.74) is 1.53. The molecule has 1 N–H and O–H groups in total. The summed E-state index contributed by atoms with van der Waals surface area (Å²) in [5, 5.41) is 11.6. The molecule has 1 heterocycles. The highest BCUT2D eigenvalue weighted by atomic mass is 32.2. The SMILES string of the molecule is N#Cc1ccc(Nc2ccccc2SC(F)F)cn1. The van der Waals surface area contributed by atoms with Crippen LogP contribution in [0, 0.1) is 11.3 Å². The summed E-state index contributed by atoms with van der Waals surface area (Å²) >= 11 is 0.483. The summed E-state index contributed by atoms with van der Waals surface area (Å²) < 4.78 is 24.8. The molecule has 0 aliphatic heterocycles. The van der Waals surface area contributed by atoms with E-state index in [0.717, 1.165) is 0 Å². The molecule has 1 aromatic carbocycles. The van der Waals surface area contributed by atoms with Gasteiger partial charge in [-0.1, -0.05) is 23.9 Å². The minimum atomic E-state index is -2.47. The third-order valence-electron chi connectivity index (χ3n) is 2.26. The molecule has 0 amide bonds. The molecule has 0 fully saturated rings. The number of aromatic nitrogens is 1. The van der Waals surface area contributed by atoms with Crippen LogP contribution in [-0.2, 0) is 0 Å². The number of pyridine rings is 1. The van der Waals surface area contributed by atoms with Gasteiger partial charge in [0.1, 0.15) is 11.8 Å². The van der Waals surface area contributed by atoms with Crippen LogP contribution in [-0.4, -0.2) is 10.7 Å². The van der Waals surface area contributed by atoms with E-state index in [-0.39, 0.29) is 0 Å². The number of rotatable bonds is 4. The van der Waals surface area contributed by atoms with E-state index in [0.29, 0.717) is 33.7 Å². The molecular weight excluding hydrogens is 268 g/mol. The third kappa shape index (κ3) is 3.66. The second-order valence-electron chi connectivity index (χ2n) is 3.54. The van der Waals surface area contributed by atoms with E-state index in [1.807, 2.05) is 6.07 Å². The van der Waals surface area contributed by atoms with Gasteiger partial charge in [0.15, 0.2) is 0 Å². The average Bonchev–Trinajstić information content (AvgIpc) is 2.41. The van der Waals surface area contributed by atoms with Gasteiger partial charge >= 0.3 is 0 Å². The van der Waals surface area contributed by atoms with Crippen LogP contribution >= 0.6 is 11.8 Å². The van der Waals surface area contributed by atoms with Gasteiger partial charge in [0, 0.05) is 4.90 Å². The molecule has 0 aliphatic carbocycles. The molecule has 1 aromatic heterocycles. The summed E-state index contributed by atoms with van der Waals surface area (Å²) in [7, 11) is 0. The number of nitriles is 1. The summed E-state index contributed by atoms with van der Waals surface area (Å²) in [6.45, 7) is 0. The lowest BCUT2D eigenvalue weighted by Crippen LogP contribution is -1.95. The first-order valence-electron chi connectivity index (χ1n) is 5.36.